The molecule has 5 aliphatic carbocycles. The first-order chi connectivity index (χ1) is 25.3. The van der Waals surface area contributed by atoms with Gasteiger partial charge < -0.3 is 19.9 Å². The molecule has 1 amide bonds. The molecule has 2 aromatic carbocycles. The number of carbonyl (C=O) groups excluding carboxylic acids is 4. The number of esters is 1. The molecule has 11 unspecified atom stereocenters. The number of halogens is 2. The third-order valence-electron chi connectivity index (χ3n) is 13.9. The van der Waals surface area contributed by atoms with E-state index in [2.05, 4.69) is 10.3 Å². The molecule has 53 heavy (non-hydrogen) atoms. The van der Waals surface area contributed by atoms with Gasteiger partial charge in [0.05, 0.1) is 17.4 Å². The highest BCUT2D eigenvalue weighted by atomic mass is 19.1. The van der Waals surface area contributed by atoms with Gasteiger partial charge in [0.2, 0.25) is 11.7 Å². The number of anilines is 1. The van der Waals surface area contributed by atoms with E-state index >= 15 is 8.78 Å². The van der Waals surface area contributed by atoms with Crippen molar-refractivity contribution in [3.8, 4) is 0 Å². The van der Waals surface area contributed by atoms with Crippen molar-refractivity contribution in [2.45, 2.75) is 75.3 Å². The molecular formula is C42H40F2N2O7. The van der Waals surface area contributed by atoms with E-state index in [1.807, 2.05) is 19.9 Å². The zero-order valence-corrected chi connectivity index (χ0v) is 29.6. The summed E-state index contributed by atoms with van der Waals surface area (Å²) < 4.78 is 44.5. The van der Waals surface area contributed by atoms with Crippen molar-refractivity contribution in [2.75, 3.05) is 11.9 Å². The van der Waals surface area contributed by atoms with Gasteiger partial charge >= 0.3 is 5.97 Å². The molecule has 6 aliphatic rings. The molecule has 11 heteroatoms. The molecule has 4 saturated carbocycles. The number of rotatable bonds is 7. The molecule has 0 radical (unpaired) electrons. The van der Waals surface area contributed by atoms with Crippen LogP contribution in [0.25, 0.3) is 10.8 Å². The Bertz CT molecular complexity index is 2200. The number of pyridine rings is 1. The van der Waals surface area contributed by atoms with E-state index in [1.54, 1.807) is 49.5 Å². The summed E-state index contributed by atoms with van der Waals surface area (Å²) in [7, 11) is 0. The number of fused-ring (bicyclic) bond motifs is 5. The maximum Gasteiger partial charge on any atom is 0.338 e. The van der Waals surface area contributed by atoms with E-state index in [-0.39, 0.29) is 53.0 Å². The number of aromatic nitrogens is 1. The molecule has 1 saturated heterocycles. The van der Waals surface area contributed by atoms with Crippen molar-refractivity contribution in [1.29, 1.82) is 0 Å². The third kappa shape index (κ3) is 4.56. The zero-order valence-electron chi connectivity index (χ0n) is 29.6. The fraction of sp³-hybridized carbons (Fsp3) is 0.452. The average molecular weight is 723 g/mol. The first-order valence-corrected chi connectivity index (χ1v) is 18.4. The normalized spacial score (nSPS) is 38.9. The number of amides is 1. The van der Waals surface area contributed by atoms with Crippen LogP contribution < -0.4 is 5.32 Å². The van der Waals surface area contributed by atoms with Gasteiger partial charge in [-0.3, -0.25) is 19.4 Å². The van der Waals surface area contributed by atoms with Gasteiger partial charge in [0.15, 0.2) is 29.5 Å². The minimum absolute atomic E-state index is 0.0606. The summed E-state index contributed by atoms with van der Waals surface area (Å²) >= 11 is 0. The number of nitrogens with one attached hydrogen (secondary N) is 1. The van der Waals surface area contributed by atoms with Crippen molar-refractivity contribution >= 4 is 39.9 Å². The number of aliphatic hydroxyl groups excluding tert-OH is 1. The molecule has 9 nitrogen and oxygen atoms in total. The van der Waals surface area contributed by atoms with E-state index in [1.165, 1.54) is 24.4 Å². The SMILES string of the molecule is CC1C(C(=O)Nc2ccc3cnccc3c2F)C1c1cccc(C(=O)OCC(=O)C23OC24CC(O)C2(F)C(CCC5=CC(=O)C=CC52C)C4CC3C)c1. The zero-order chi connectivity index (χ0) is 37.2. The van der Waals surface area contributed by atoms with Crippen LogP contribution in [0, 0.1) is 40.8 Å². The van der Waals surface area contributed by atoms with Gasteiger partial charge in [-0.1, -0.05) is 43.7 Å². The Morgan fingerprint density at radius 1 is 1.13 bits per heavy atom. The second-order valence-electron chi connectivity index (χ2n) is 16.3. The molecule has 5 fully saturated rings. The van der Waals surface area contributed by atoms with Crippen LogP contribution in [0.3, 0.4) is 0 Å². The Labute approximate surface area is 304 Å². The largest absolute Gasteiger partial charge is 0.454 e. The molecule has 0 bridgehead atoms. The first-order valence-electron chi connectivity index (χ1n) is 18.4. The van der Waals surface area contributed by atoms with Crippen LogP contribution in [0.5, 0.6) is 0 Å². The van der Waals surface area contributed by atoms with Crippen molar-refractivity contribution < 1.29 is 42.5 Å². The Hall–Kier alpha value is -4.61. The van der Waals surface area contributed by atoms with E-state index in [9.17, 15) is 24.3 Å². The molecule has 11 atom stereocenters. The number of nitrogens with zero attached hydrogens (tertiary/aromatic N) is 1. The summed E-state index contributed by atoms with van der Waals surface area (Å²) in [6.07, 6.45) is 7.48. The maximum atomic E-state index is 17.4. The second-order valence-corrected chi connectivity index (χ2v) is 16.3. The predicted octanol–water partition coefficient (Wildman–Crippen LogP) is 6.21. The Morgan fingerprint density at radius 3 is 2.75 bits per heavy atom. The van der Waals surface area contributed by atoms with Gasteiger partial charge in [-0.15, -0.1) is 0 Å². The molecule has 2 N–H and O–H groups in total. The number of Topliss-reactive ketones (excluding diaryl/α,β-unsaturated/α-hetero) is 1. The summed E-state index contributed by atoms with van der Waals surface area (Å²) in [5.74, 6) is -4.06. The maximum absolute atomic E-state index is 17.4. The average Bonchev–Trinajstić information content (AvgIpc) is 4.01. The van der Waals surface area contributed by atoms with Crippen molar-refractivity contribution in [3.63, 3.8) is 0 Å². The van der Waals surface area contributed by atoms with Gasteiger partial charge in [-0.2, -0.15) is 0 Å². The lowest BCUT2D eigenvalue weighted by Crippen LogP contribution is -2.66. The fourth-order valence-electron chi connectivity index (χ4n) is 11.1. The summed E-state index contributed by atoms with van der Waals surface area (Å²) in [5, 5.41) is 15.3. The van der Waals surface area contributed by atoms with Crippen LogP contribution in [0.1, 0.15) is 68.3 Å². The number of carbonyl (C=O) groups is 4. The fourth-order valence-corrected chi connectivity index (χ4v) is 11.1. The van der Waals surface area contributed by atoms with Crippen LogP contribution in [-0.4, -0.2) is 63.1 Å². The van der Waals surface area contributed by atoms with Gasteiger partial charge in [0.25, 0.3) is 0 Å². The molecule has 1 aliphatic heterocycles. The van der Waals surface area contributed by atoms with Crippen molar-refractivity contribution in [2.24, 2.45) is 35.0 Å². The molecule has 3 aromatic rings. The highest BCUT2D eigenvalue weighted by molar-refractivity contribution is 6.01. The highest BCUT2D eigenvalue weighted by Gasteiger charge is 2.88. The van der Waals surface area contributed by atoms with Gasteiger partial charge in [-0.05, 0) is 91.8 Å². The topological polar surface area (TPSA) is 135 Å². The summed E-state index contributed by atoms with van der Waals surface area (Å²) in [5.41, 5.74) is -3.77. The number of alkyl halides is 1. The molecule has 1 aromatic heterocycles. The second kappa shape index (κ2) is 11.4. The minimum atomic E-state index is -2.03. The lowest BCUT2D eigenvalue weighted by Gasteiger charge is -2.59. The minimum Gasteiger partial charge on any atom is -0.454 e. The Balaban J connectivity index is 0.870. The van der Waals surface area contributed by atoms with Gasteiger partial charge in [0.1, 0.15) is 5.60 Å². The number of epoxide rings is 1. The van der Waals surface area contributed by atoms with E-state index in [4.69, 9.17) is 9.47 Å². The molecule has 2 heterocycles. The number of aliphatic hydroxyl groups is 1. The third-order valence-corrected chi connectivity index (χ3v) is 13.9. The van der Waals surface area contributed by atoms with Crippen LogP contribution >= 0.6 is 0 Å². The molecule has 9 rings (SSSR count). The van der Waals surface area contributed by atoms with Crippen molar-refractivity contribution in [1.82, 2.24) is 4.98 Å². The van der Waals surface area contributed by atoms with Gasteiger partial charge in [-0.25, -0.2) is 13.6 Å². The number of ether oxygens (including phenoxy) is 2. The predicted molar refractivity (Wildman–Crippen MR) is 189 cm³/mol. The Morgan fingerprint density at radius 2 is 1.94 bits per heavy atom. The quantitative estimate of drug-likeness (QED) is 0.217. The number of ketones is 2. The molecule has 274 valence electrons. The smallest absolute Gasteiger partial charge is 0.338 e. The van der Waals surface area contributed by atoms with Crippen molar-refractivity contribution in [3.05, 3.63) is 95.6 Å². The van der Waals surface area contributed by atoms with Crippen LogP contribution in [0.15, 0.2) is 78.7 Å². The van der Waals surface area contributed by atoms with Gasteiger partial charge in [0, 0.05) is 46.8 Å². The van der Waals surface area contributed by atoms with Crippen LogP contribution in [0.2, 0.25) is 0 Å². The number of hydrogen-bond acceptors (Lipinski definition) is 8. The number of allylic oxidation sites excluding steroid dienone is 4. The van der Waals surface area contributed by atoms with E-state index in [0.717, 1.165) is 5.56 Å². The monoisotopic (exact) mass is 722 g/mol. The summed E-state index contributed by atoms with van der Waals surface area (Å²) in [4.78, 5) is 56.7. The number of hydrogen-bond donors (Lipinski definition) is 2. The summed E-state index contributed by atoms with van der Waals surface area (Å²) in [6, 6.07) is 11.5. The van der Waals surface area contributed by atoms with E-state index in [0.29, 0.717) is 35.6 Å². The molecule has 1 spiro atoms. The lowest BCUT2D eigenvalue weighted by molar-refractivity contribution is -0.179. The van der Waals surface area contributed by atoms with E-state index < -0.39 is 64.4 Å². The van der Waals surface area contributed by atoms with Crippen LogP contribution in [0.4, 0.5) is 14.5 Å². The first kappa shape index (κ1) is 34.2. The Kier molecular flexibility index (Phi) is 7.38. The number of benzene rings is 2. The lowest BCUT2D eigenvalue weighted by atomic mass is 9.48. The summed E-state index contributed by atoms with van der Waals surface area (Å²) in [6.45, 7) is 5.02. The van der Waals surface area contributed by atoms with Crippen LogP contribution in [-0.2, 0) is 23.9 Å². The highest BCUT2D eigenvalue weighted by Crippen LogP contribution is 2.76. The molecular weight excluding hydrogens is 682 g/mol. The standard InChI is InChI=1S/C42H40F2N2O7/c1-21-15-30-29-9-8-26-17-27(47)11-13-39(26,3)41(29,44)32(48)18-40(30)42(21,53-40)33(49)20-52-38(51)24-6-4-5-23(16-24)34-22(2)35(34)37(50)46-31-10-7-25-19-45-14-12-28(25)36(31)43/h4-7,10-14,16-17,19,21-22,29-30,32,34-35,48H,8-9,15,18,20H2,1-3H3,(H,46,50).